The molecule has 0 bridgehead atoms. The highest BCUT2D eigenvalue weighted by molar-refractivity contribution is 5.73. The van der Waals surface area contributed by atoms with Crippen LogP contribution in [0.5, 0.6) is 0 Å². The zero-order valence-corrected chi connectivity index (χ0v) is 6.63. The molecule has 0 spiro atoms. The van der Waals surface area contributed by atoms with Gasteiger partial charge in [-0.05, 0) is 17.5 Å². The lowest BCUT2D eigenvalue weighted by atomic mass is 10.0. The number of carbonyl (C=O) groups is 2. The van der Waals surface area contributed by atoms with E-state index in [9.17, 15) is 9.59 Å². The zero-order valence-electron chi connectivity index (χ0n) is 12.6. The first-order valence-corrected chi connectivity index (χ1v) is 3.74. The Morgan fingerprint density at radius 2 is 1.77 bits per heavy atom. The van der Waals surface area contributed by atoms with Crippen molar-refractivity contribution < 1.29 is 17.8 Å². The Hall–Kier alpha value is -1.44. The van der Waals surface area contributed by atoms with E-state index in [1.165, 1.54) is 24.3 Å². The summed E-state index contributed by atoms with van der Waals surface area (Å²) in [5, 5.41) is 0. The molecule has 0 heterocycles. The van der Waals surface area contributed by atoms with Crippen LogP contribution in [0.4, 0.5) is 0 Å². The molecule has 0 N–H and O–H groups in total. The topological polar surface area (TPSA) is 34.1 Å². The monoisotopic (exact) mass is 180 g/mol. The molecule has 2 unspecified atom stereocenters. The van der Waals surface area contributed by atoms with Crippen LogP contribution in [0.1, 0.15) is 37.5 Å². The molecule has 0 aliphatic heterocycles. The summed E-state index contributed by atoms with van der Waals surface area (Å²) in [6.45, 7) is 0. The summed E-state index contributed by atoms with van der Waals surface area (Å²) in [6.07, 6.45) is -6.07. The summed E-state index contributed by atoms with van der Waals surface area (Å²) in [5.41, 5.74) is -0.397. The van der Waals surface area contributed by atoms with Crippen molar-refractivity contribution in [3.63, 3.8) is 0 Å². The van der Waals surface area contributed by atoms with Gasteiger partial charge in [0.2, 0.25) is 0 Å². The molecule has 1 aromatic rings. The van der Waals surface area contributed by atoms with Crippen LogP contribution in [0.25, 0.3) is 0 Å². The van der Waals surface area contributed by atoms with E-state index in [1.54, 1.807) is 0 Å². The summed E-state index contributed by atoms with van der Waals surface area (Å²) >= 11 is 0. The quantitative estimate of drug-likeness (QED) is 0.648. The largest absolute Gasteiger partial charge is 0.303 e. The molecule has 0 saturated heterocycles. The van der Waals surface area contributed by atoms with E-state index < -0.39 is 30.7 Å². The summed E-state index contributed by atoms with van der Waals surface area (Å²) in [6, 6.07) is 5.35. The van der Waals surface area contributed by atoms with E-state index in [1.807, 2.05) is 0 Å². The second kappa shape index (κ2) is 3.13. The van der Waals surface area contributed by atoms with Crippen molar-refractivity contribution in [1.29, 1.82) is 0 Å². The van der Waals surface area contributed by atoms with Crippen LogP contribution in [0.3, 0.4) is 0 Å². The second-order valence-corrected chi connectivity index (χ2v) is 2.62. The van der Waals surface area contributed by atoms with Crippen molar-refractivity contribution in [3.05, 3.63) is 35.4 Å². The Balaban J connectivity index is 2.91. The molecule has 0 fully saturated rings. The highest BCUT2D eigenvalue weighted by atomic mass is 16.1. The van der Waals surface area contributed by atoms with Crippen molar-refractivity contribution in [2.45, 2.75) is 18.2 Å². The molecule has 0 aromatic heterocycles. The average Bonchev–Trinajstić information content (AvgIpc) is 2.48. The minimum Gasteiger partial charge on any atom is -0.303 e. The Morgan fingerprint density at radius 1 is 1.31 bits per heavy atom. The lowest BCUT2D eigenvalue weighted by Gasteiger charge is -2.01. The highest BCUT2D eigenvalue weighted by Crippen LogP contribution is 2.38. The summed E-state index contributed by atoms with van der Waals surface area (Å²) in [5.74, 6) is -5.36. The predicted molar refractivity (Wildman–Crippen MR) is 48.7 cm³/mol. The number of hydrogen-bond acceptors (Lipinski definition) is 2. The maximum absolute atomic E-state index is 11.4. The molecule has 13 heavy (non-hydrogen) atoms. The molecule has 2 atom stereocenters. The molecule has 0 amide bonds. The average molecular weight is 180 g/mol. The summed E-state index contributed by atoms with van der Waals surface area (Å²) in [7, 11) is 0. The third-order valence-electron chi connectivity index (χ3n) is 1.92. The number of fused-ring (bicyclic) bond motifs is 1. The van der Waals surface area contributed by atoms with Crippen LogP contribution in [0.15, 0.2) is 24.3 Å². The molecule has 2 heteroatoms. The maximum Gasteiger partial charge on any atom is 0.127 e. The number of hydrogen-bond donors (Lipinski definition) is 0. The normalized spacial score (nSPS) is 47.1. The fourth-order valence-corrected chi connectivity index (χ4v) is 1.34. The van der Waals surface area contributed by atoms with Gasteiger partial charge in [-0.3, -0.25) is 0 Å². The van der Waals surface area contributed by atoms with Crippen LogP contribution >= 0.6 is 0 Å². The standard InChI is InChI=1S/C11H10O2/c12-6-8-5-9(7-13)11-4-2-1-3-10(8)11/h1-4,6-9H,5H2/i5D2,6D,7D,8D,9D. The Labute approximate surface area is 85.0 Å². The van der Waals surface area contributed by atoms with E-state index in [4.69, 9.17) is 8.22 Å². The lowest BCUT2D eigenvalue weighted by Crippen LogP contribution is -1.95. The number of benzene rings is 1. The molecule has 66 valence electrons. The molecule has 2 nitrogen and oxygen atoms in total. The van der Waals surface area contributed by atoms with Gasteiger partial charge in [0.15, 0.2) is 0 Å². The Kier molecular flexibility index (Phi) is 0.901. The van der Waals surface area contributed by atoms with Gasteiger partial charge >= 0.3 is 0 Å². The van der Waals surface area contributed by atoms with Crippen LogP contribution in [0.2, 0.25) is 0 Å². The van der Waals surface area contributed by atoms with Crippen molar-refractivity contribution in [2.24, 2.45) is 0 Å². The van der Waals surface area contributed by atoms with Gasteiger partial charge in [-0.1, -0.05) is 24.3 Å². The summed E-state index contributed by atoms with van der Waals surface area (Å²) < 4.78 is 46.0. The van der Waals surface area contributed by atoms with E-state index in [-0.39, 0.29) is 11.1 Å². The van der Waals surface area contributed by atoms with Crippen LogP contribution in [-0.2, 0) is 9.59 Å². The minimum absolute atomic E-state index is 0.199. The third kappa shape index (κ3) is 1.18. The van der Waals surface area contributed by atoms with E-state index in [0.29, 0.717) is 0 Å². The highest BCUT2D eigenvalue weighted by Gasteiger charge is 2.29. The minimum atomic E-state index is -2.98. The van der Waals surface area contributed by atoms with Crippen LogP contribution < -0.4 is 0 Å². The van der Waals surface area contributed by atoms with Gasteiger partial charge < -0.3 is 9.59 Å². The van der Waals surface area contributed by atoms with E-state index in [2.05, 4.69) is 0 Å². The third-order valence-corrected chi connectivity index (χ3v) is 1.92. The molecule has 0 radical (unpaired) electrons. The maximum atomic E-state index is 11.4. The summed E-state index contributed by atoms with van der Waals surface area (Å²) in [4.78, 5) is 22.9. The predicted octanol–water partition coefficient (Wildman–Crippen LogP) is 1.66. The second-order valence-electron chi connectivity index (χ2n) is 2.62. The molecule has 1 aliphatic rings. The number of rotatable bonds is 2. The molecule has 1 aromatic carbocycles. The van der Waals surface area contributed by atoms with Crippen molar-refractivity contribution in [2.75, 3.05) is 0 Å². The molecule has 1 aliphatic carbocycles. The fourth-order valence-electron chi connectivity index (χ4n) is 1.34. The Morgan fingerprint density at radius 3 is 2.15 bits per heavy atom. The molecule has 0 saturated carbocycles. The fraction of sp³-hybridized carbons (Fsp3) is 0.273. The van der Waals surface area contributed by atoms with Gasteiger partial charge in [0.05, 0.1) is 0 Å². The first-order valence-electron chi connectivity index (χ1n) is 6.74. The molecule has 2 rings (SSSR count). The number of carbonyl (C=O) groups excluding carboxylic acids is 2. The Bertz CT molecular complexity index is 537. The zero-order chi connectivity index (χ0) is 14.6. The van der Waals surface area contributed by atoms with Crippen LogP contribution in [0, 0.1) is 0 Å². The van der Waals surface area contributed by atoms with Gasteiger partial charge in [0, 0.05) is 17.3 Å². The van der Waals surface area contributed by atoms with Crippen molar-refractivity contribution in [3.8, 4) is 0 Å². The SMILES string of the molecule is [2H]C(=O)C1([2H])c2ccccc2C([2H])(C([2H])=O)C1([2H])[2H]. The first kappa shape index (κ1) is 3.74. The lowest BCUT2D eigenvalue weighted by molar-refractivity contribution is -0.110. The van der Waals surface area contributed by atoms with Gasteiger partial charge in [0.1, 0.15) is 15.3 Å². The van der Waals surface area contributed by atoms with Gasteiger partial charge in [-0.15, -0.1) is 0 Å². The van der Waals surface area contributed by atoms with Gasteiger partial charge in [-0.2, -0.15) is 0 Å². The number of aldehydes is 2. The van der Waals surface area contributed by atoms with E-state index in [0.717, 1.165) is 0 Å². The van der Waals surface area contributed by atoms with Crippen molar-refractivity contribution >= 4 is 12.5 Å². The van der Waals surface area contributed by atoms with E-state index >= 15 is 0 Å². The van der Waals surface area contributed by atoms with Crippen LogP contribution in [-0.4, -0.2) is 12.5 Å². The first-order chi connectivity index (χ1) is 8.61. The smallest absolute Gasteiger partial charge is 0.127 e. The van der Waals surface area contributed by atoms with Gasteiger partial charge in [0.25, 0.3) is 0 Å². The van der Waals surface area contributed by atoms with Crippen molar-refractivity contribution in [1.82, 2.24) is 0 Å². The molecular formula is C11H10O2. The van der Waals surface area contributed by atoms with Gasteiger partial charge in [-0.25, -0.2) is 0 Å². The molecular weight excluding hydrogens is 164 g/mol.